The summed E-state index contributed by atoms with van der Waals surface area (Å²) in [7, 11) is 0. The summed E-state index contributed by atoms with van der Waals surface area (Å²) in [6.07, 6.45) is 0.710. The van der Waals surface area contributed by atoms with Gasteiger partial charge in [0, 0.05) is 12.6 Å². The number of carbonyl (C=O) groups is 1. The van der Waals surface area contributed by atoms with Crippen LogP contribution in [-0.4, -0.2) is 29.4 Å². The van der Waals surface area contributed by atoms with Crippen molar-refractivity contribution in [2.24, 2.45) is 5.73 Å². The molecule has 1 unspecified atom stereocenters. The molecule has 0 heterocycles. The Hall–Kier alpha value is -0.570. The van der Waals surface area contributed by atoms with Gasteiger partial charge in [0.2, 0.25) is 5.91 Å². The number of carbonyl (C=O) groups excluding carboxylic acids is 1. The average Bonchev–Trinajstić information content (AvgIpc) is 2.03. The van der Waals surface area contributed by atoms with E-state index < -0.39 is 0 Å². The summed E-state index contributed by atoms with van der Waals surface area (Å²) in [5, 5.41) is 0. The van der Waals surface area contributed by atoms with Crippen molar-refractivity contribution in [1.29, 1.82) is 0 Å². The van der Waals surface area contributed by atoms with Gasteiger partial charge in [0.1, 0.15) is 0 Å². The standard InChI is InChI=1S/C9H20N2O/c1-5-8(10)9(12)11(6-2)7(3)4/h7-8H,5-6,10H2,1-4H3. The zero-order valence-electron chi connectivity index (χ0n) is 8.50. The van der Waals surface area contributed by atoms with Crippen LogP contribution in [0, 0.1) is 0 Å². The fourth-order valence-corrected chi connectivity index (χ4v) is 1.16. The molecule has 0 fully saturated rings. The summed E-state index contributed by atoms with van der Waals surface area (Å²) < 4.78 is 0. The number of likely N-dealkylation sites (N-methyl/N-ethyl adjacent to an activating group) is 1. The lowest BCUT2D eigenvalue weighted by Crippen LogP contribution is -2.46. The predicted molar refractivity (Wildman–Crippen MR) is 50.8 cm³/mol. The van der Waals surface area contributed by atoms with E-state index in [2.05, 4.69) is 0 Å². The largest absolute Gasteiger partial charge is 0.339 e. The molecule has 1 amide bonds. The number of hydrogen-bond acceptors (Lipinski definition) is 2. The Kier molecular flexibility index (Phi) is 4.90. The maximum atomic E-state index is 11.5. The topological polar surface area (TPSA) is 46.3 Å². The van der Waals surface area contributed by atoms with Crippen LogP contribution in [0.3, 0.4) is 0 Å². The van der Waals surface area contributed by atoms with E-state index in [1.54, 1.807) is 4.90 Å². The smallest absolute Gasteiger partial charge is 0.239 e. The van der Waals surface area contributed by atoms with Gasteiger partial charge in [-0.1, -0.05) is 6.92 Å². The molecule has 0 aromatic heterocycles. The molecule has 3 nitrogen and oxygen atoms in total. The number of nitrogens with two attached hydrogens (primary N) is 1. The van der Waals surface area contributed by atoms with Gasteiger partial charge in [0.25, 0.3) is 0 Å². The first-order valence-corrected chi connectivity index (χ1v) is 4.60. The summed E-state index contributed by atoms with van der Waals surface area (Å²) in [6, 6.07) is -0.0764. The highest BCUT2D eigenvalue weighted by atomic mass is 16.2. The lowest BCUT2D eigenvalue weighted by molar-refractivity contribution is -0.134. The van der Waals surface area contributed by atoms with Crippen molar-refractivity contribution >= 4 is 5.91 Å². The molecular formula is C9H20N2O. The monoisotopic (exact) mass is 172 g/mol. The van der Waals surface area contributed by atoms with Crippen LogP contribution in [-0.2, 0) is 4.79 Å². The molecule has 0 radical (unpaired) electrons. The zero-order valence-corrected chi connectivity index (χ0v) is 8.50. The van der Waals surface area contributed by atoms with Crippen molar-refractivity contribution in [3.63, 3.8) is 0 Å². The Balaban J connectivity index is 4.21. The Labute approximate surface area is 74.9 Å². The highest BCUT2D eigenvalue weighted by Crippen LogP contribution is 2.02. The summed E-state index contributed by atoms with van der Waals surface area (Å²) in [5.41, 5.74) is 5.64. The molecule has 0 rings (SSSR count). The second kappa shape index (κ2) is 5.14. The number of nitrogens with zero attached hydrogens (tertiary/aromatic N) is 1. The minimum absolute atomic E-state index is 0.0648. The van der Waals surface area contributed by atoms with Gasteiger partial charge in [0.15, 0.2) is 0 Å². The molecule has 0 bridgehead atoms. The van der Waals surface area contributed by atoms with Gasteiger partial charge in [-0.25, -0.2) is 0 Å². The minimum atomic E-state index is -0.327. The van der Waals surface area contributed by atoms with E-state index >= 15 is 0 Å². The van der Waals surface area contributed by atoms with Crippen LogP contribution in [0.15, 0.2) is 0 Å². The van der Waals surface area contributed by atoms with Crippen molar-refractivity contribution in [1.82, 2.24) is 4.90 Å². The van der Waals surface area contributed by atoms with Crippen LogP contribution >= 0.6 is 0 Å². The Morgan fingerprint density at radius 3 is 2.17 bits per heavy atom. The Morgan fingerprint density at radius 1 is 1.42 bits per heavy atom. The lowest BCUT2D eigenvalue weighted by atomic mass is 10.2. The van der Waals surface area contributed by atoms with Crippen LogP contribution < -0.4 is 5.73 Å². The molecule has 3 heteroatoms. The first-order valence-electron chi connectivity index (χ1n) is 4.60. The van der Waals surface area contributed by atoms with Gasteiger partial charge in [-0.3, -0.25) is 4.79 Å². The van der Waals surface area contributed by atoms with Crippen LogP contribution in [0.4, 0.5) is 0 Å². The molecule has 0 saturated heterocycles. The molecule has 2 N–H and O–H groups in total. The normalized spacial score (nSPS) is 13.2. The summed E-state index contributed by atoms with van der Waals surface area (Å²) in [5.74, 6) is 0.0648. The quantitative estimate of drug-likeness (QED) is 0.687. The van der Waals surface area contributed by atoms with E-state index in [9.17, 15) is 4.79 Å². The first kappa shape index (κ1) is 11.4. The molecule has 72 valence electrons. The molecule has 12 heavy (non-hydrogen) atoms. The maximum absolute atomic E-state index is 11.5. The fourth-order valence-electron chi connectivity index (χ4n) is 1.16. The zero-order chi connectivity index (χ0) is 9.72. The van der Waals surface area contributed by atoms with Crippen LogP contribution in [0.2, 0.25) is 0 Å². The van der Waals surface area contributed by atoms with E-state index in [4.69, 9.17) is 5.73 Å². The van der Waals surface area contributed by atoms with Crippen LogP contribution in [0.25, 0.3) is 0 Å². The number of hydrogen-bond donors (Lipinski definition) is 1. The molecule has 0 aliphatic heterocycles. The lowest BCUT2D eigenvalue weighted by Gasteiger charge is -2.27. The van der Waals surface area contributed by atoms with Gasteiger partial charge >= 0.3 is 0 Å². The molecule has 0 spiro atoms. The average molecular weight is 172 g/mol. The second-order valence-electron chi connectivity index (χ2n) is 3.23. The number of rotatable bonds is 4. The third kappa shape index (κ3) is 2.81. The predicted octanol–water partition coefficient (Wildman–Crippen LogP) is 0.981. The van der Waals surface area contributed by atoms with Gasteiger partial charge in [-0.2, -0.15) is 0 Å². The van der Waals surface area contributed by atoms with Gasteiger partial charge < -0.3 is 10.6 Å². The second-order valence-corrected chi connectivity index (χ2v) is 3.23. The van der Waals surface area contributed by atoms with Crippen molar-refractivity contribution < 1.29 is 4.79 Å². The Morgan fingerprint density at radius 2 is 1.92 bits per heavy atom. The van der Waals surface area contributed by atoms with Crippen molar-refractivity contribution in [2.45, 2.75) is 46.2 Å². The molecule has 0 aliphatic carbocycles. The highest BCUT2D eigenvalue weighted by Gasteiger charge is 2.19. The summed E-state index contributed by atoms with van der Waals surface area (Å²) in [4.78, 5) is 13.3. The van der Waals surface area contributed by atoms with Crippen molar-refractivity contribution in [2.75, 3.05) is 6.54 Å². The van der Waals surface area contributed by atoms with Gasteiger partial charge in [-0.05, 0) is 27.2 Å². The van der Waals surface area contributed by atoms with E-state index in [1.807, 2.05) is 27.7 Å². The fraction of sp³-hybridized carbons (Fsp3) is 0.889. The maximum Gasteiger partial charge on any atom is 0.239 e. The summed E-state index contributed by atoms with van der Waals surface area (Å²) >= 11 is 0. The first-order chi connectivity index (χ1) is 5.54. The van der Waals surface area contributed by atoms with Crippen LogP contribution in [0.5, 0.6) is 0 Å². The molecule has 1 atom stereocenters. The molecule has 0 aliphatic rings. The highest BCUT2D eigenvalue weighted by molar-refractivity contribution is 5.81. The van der Waals surface area contributed by atoms with Crippen molar-refractivity contribution in [3.05, 3.63) is 0 Å². The van der Waals surface area contributed by atoms with E-state index in [-0.39, 0.29) is 18.0 Å². The molecule has 0 aromatic rings. The molecule has 0 aromatic carbocycles. The van der Waals surface area contributed by atoms with Crippen LogP contribution in [0.1, 0.15) is 34.1 Å². The van der Waals surface area contributed by atoms with Crippen molar-refractivity contribution in [3.8, 4) is 0 Å². The van der Waals surface area contributed by atoms with Gasteiger partial charge in [-0.15, -0.1) is 0 Å². The number of amides is 1. The van der Waals surface area contributed by atoms with E-state index in [0.717, 1.165) is 6.54 Å². The third-order valence-corrected chi connectivity index (χ3v) is 2.00. The minimum Gasteiger partial charge on any atom is -0.339 e. The van der Waals surface area contributed by atoms with E-state index in [0.29, 0.717) is 6.42 Å². The van der Waals surface area contributed by atoms with Gasteiger partial charge in [0.05, 0.1) is 6.04 Å². The molecular weight excluding hydrogens is 152 g/mol. The van der Waals surface area contributed by atoms with E-state index in [1.165, 1.54) is 0 Å². The SMILES string of the molecule is CCC(N)C(=O)N(CC)C(C)C. The Bertz CT molecular complexity index is 145. The third-order valence-electron chi connectivity index (χ3n) is 2.00. The summed E-state index contributed by atoms with van der Waals surface area (Å²) in [6.45, 7) is 8.65. The molecule has 0 saturated carbocycles.